The van der Waals surface area contributed by atoms with Gasteiger partial charge in [-0.05, 0) is 49.8 Å². The Balaban J connectivity index is 1.86. The van der Waals surface area contributed by atoms with E-state index in [0.29, 0.717) is 16.4 Å². The summed E-state index contributed by atoms with van der Waals surface area (Å²) in [6.45, 7) is 0.773. The summed E-state index contributed by atoms with van der Waals surface area (Å²) in [5, 5.41) is 0. The van der Waals surface area contributed by atoms with Crippen molar-refractivity contribution in [3.8, 4) is 0 Å². The van der Waals surface area contributed by atoms with Gasteiger partial charge in [0.1, 0.15) is 5.82 Å². The van der Waals surface area contributed by atoms with Gasteiger partial charge in [0.15, 0.2) is 0 Å². The van der Waals surface area contributed by atoms with Crippen molar-refractivity contribution in [2.45, 2.75) is 38.1 Å². The Kier molecular flexibility index (Phi) is 3.61. The summed E-state index contributed by atoms with van der Waals surface area (Å²) >= 11 is 3.22. The zero-order valence-corrected chi connectivity index (χ0v) is 12.3. The Hall–Kier alpha value is -0.900. The number of nitrogens with zero attached hydrogens (tertiary/aromatic N) is 1. The van der Waals surface area contributed by atoms with Crippen molar-refractivity contribution in [3.05, 3.63) is 34.1 Å². The lowest BCUT2D eigenvalue weighted by molar-refractivity contribution is 0.0543. The molecule has 0 radical (unpaired) electrons. The molecule has 4 heteroatoms. The number of amides is 1. The summed E-state index contributed by atoms with van der Waals surface area (Å²) in [5.41, 5.74) is 0.204. The molecular weight excluding hydrogens is 309 g/mol. The average molecular weight is 326 g/mol. The number of fused-ring (bicyclic) bond motifs is 1. The van der Waals surface area contributed by atoms with E-state index in [4.69, 9.17) is 0 Å². The number of carbonyl (C=O) groups is 1. The smallest absolute Gasteiger partial charge is 0.257 e. The first-order valence-electron chi connectivity index (χ1n) is 6.93. The van der Waals surface area contributed by atoms with Gasteiger partial charge in [-0.3, -0.25) is 4.79 Å². The molecule has 1 aliphatic heterocycles. The summed E-state index contributed by atoms with van der Waals surface area (Å²) in [6.07, 6.45) is 5.76. The molecule has 1 aromatic rings. The zero-order valence-electron chi connectivity index (χ0n) is 10.7. The van der Waals surface area contributed by atoms with E-state index in [0.717, 1.165) is 19.4 Å². The molecule has 0 spiro atoms. The molecule has 1 amide bonds. The summed E-state index contributed by atoms with van der Waals surface area (Å²) in [7, 11) is 0. The Morgan fingerprint density at radius 3 is 2.84 bits per heavy atom. The molecule has 1 saturated heterocycles. The van der Waals surface area contributed by atoms with Gasteiger partial charge in [-0.1, -0.05) is 22.4 Å². The number of likely N-dealkylation sites (tertiary alicyclic amines) is 1. The van der Waals surface area contributed by atoms with Crippen LogP contribution in [0.4, 0.5) is 4.39 Å². The first kappa shape index (κ1) is 13.1. The third-order valence-electron chi connectivity index (χ3n) is 4.42. The minimum absolute atomic E-state index is 0.137. The third-order valence-corrected chi connectivity index (χ3v) is 4.91. The van der Waals surface area contributed by atoms with Crippen LogP contribution in [0.25, 0.3) is 0 Å². The minimum atomic E-state index is -0.431. The lowest BCUT2D eigenvalue weighted by atomic mass is 9.91. The normalized spacial score (nSPS) is 26.3. The van der Waals surface area contributed by atoms with Crippen LogP contribution in [0.15, 0.2) is 22.7 Å². The fraction of sp³-hybridized carbons (Fsp3) is 0.533. The van der Waals surface area contributed by atoms with Gasteiger partial charge in [0.2, 0.25) is 0 Å². The Morgan fingerprint density at radius 2 is 2.05 bits per heavy atom. The first-order valence-corrected chi connectivity index (χ1v) is 7.72. The Bertz CT molecular complexity index is 505. The number of hydrogen-bond acceptors (Lipinski definition) is 1. The highest BCUT2D eigenvalue weighted by molar-refractivity contribution is 9.10. The second-order valence-corrected chi connectivity index (χ2v) is 6.44. The summed E-state index contributed by atoms with van der Waals surface area (Å²) < 4.78 is 14.6. The SMILES string of the molecule is O=C(c1ccc(Br)cc1F)N1CCCC2CCCC21. The molecule has 2 atom stereocenters. The zero-order chi connectivity index (χ0) is 13.4. The fourth-order valence-corrected chi connectivity index (χ4v) is 3.86. The van der Waals surface area contributed by atoms with Crippen molar-refractivity contribution in [2.24, 2.45) is 5.92 Å². The molecule has 0 N–H and O–H groups in total. The molecule has 1 saturated carbocycles. The van der Waals surface area contributed by atoms with Crippen LogP contribution < -0.4 is 0 Å². The van der Waals surface area contributed by atoms with E-state index >= 15 is 0 Å². The lowest BCUT2D eigenvalue weighted by Gasteiger charge is -2.37. The molecule has 2 aliphatic rings. The van der Waals surface area contributed by atoms with Crippen LogP contribution in [0.3, 0.4) is 0 Å². The van der Waals surface area contributed by atoms with E-state index in [-0.39, 0.29) is 11.5 Å². The van der Waals surface area contributed by atoms with Crippen LogP contribution in [-0.4, -0.2) is 23.4 Å². The van der Waals surface area contributed by atoms with Crippen molar-refractivity contribution in [2.75, 3.05) is 6.54 Å². The number of benzene rings is 1. The fourth-order valence-electron chi connectivity index (χ4n) is 3.52. The number of rotatable bonds is 1. The summed E-state index contributed by atoms with van der Waals surface area (Å²) in [5.74, 6) is 0.0669. The molecule has 2 fully saturated rings. The van der Waals surface area contributed by atoms with Crippen LogP contribution in [0.1, 0.15) is 42.5 Å². The quantitative estimate of drug-likeness (QED) is 0.764. The maximum atomic E-state index is 13.9. The summed E-state index contributed by atoms with van der Waals surface area (Å²) in [4.78, 5) is 14.5. The molecule has 2 unspecified atom stereocenters. The van der Waals surface area contributed by atoms with E-state index in [9.17, 15) is 9.18 Å². The highest BCUT2D eigenvalue weighted by Crippen LogP contribution is 2.37. The van der Waals surface area contributed by atoms with Crippen LogP contribution in [0.2, 0.25) is 0 Å². The monoisotopic (exact) mass is 325 g/mol. The lowest BCUT2D eigenvalue weighted by Crippen LogP contribution is -2.46. The van der Waals surface area contributed by atoms with Crippen molar-refractivity contribution in [1.29, 1.82) is 0 Å². The number of halogens is 2. The predicted molar refractivity (Wildman–Crippen MR) is 75.5 cm³/mol. The minimum Gasteiger partial charge on any atom is -0.335 e. The highest BCUT2D eigenvalue weighted by Gasteiger charge is 2.38. The molecule has 1 heterocycles. The van der Waals surface area contributed by atoms with E-state index in [1.165, 1.54) is 25.3 Å². The maximum Gasteiger partial charge on any atom is 0.257 e. The molecule has 102 valence electrons. The number of carbonyl (C=O) groups excluding carboxylic acids is 1. The molecule has 0 bridgehead atoms. The van der Waals surface area contributed by atoms with Gasteiger partial charge in [-0.25, -0.2) is 4.39 Å². The van der Waals surface area contributed by atoms with Gasteiger partial charge in [-0.2, -0.15) is 0 Å². The van der Waals surface area contributed by atoms with Crippen molar-refractivity contribution < 1.29 is 9.18 Å². The van der Waals surface area contributed by atoms with Gasteiger partial charge in [0.25, 0.3) is 5.91 Å². The number of hydrogen-bond donors (Lipinski definition) is 0. The van der Waals surface area contributed by atoms with Gasteiger partial charge < -0.3 is 4.90 Å². The standard InChI is InChI=1S/C15H17BrFNO/c16-11-6-7-12(13(17)9-11)15(19)18-8-2-4-10-3-1-5-14(10)18/h6-7,9-10,14H,1-5,8H2. The molecule has 2 nitrogen and oxygen atoms in total. The van der Waals surface area contributed by atoms with E-state index in [2.05, 4.69) is 15.9 Å². The van der Waals surface area contributed by atoms with Crippen molar-refractivity contribution >= 4 is 21.8 Å². The van der Waals surface area contributed by atoms with Crippen molar-refractivity contribution in [1.82, 2.24) is 4.90 Å². The Labute approximate surface area is 121 Å². The van der Waals surface area contributed by atoms with E-state index < -0.39 is 5.82 Å². The Morgan fingerprint density at radius 1 is 1.26 bits per heavy atom. The molecule has 1 aromatic carbocycles. The molecular formula is C15H17BrFNO. The van der Waals surface area contributed by atoms with E-state index in [1.807, 2.05) is 4.90 Å². The second-order valence-electron chi connectivity index (χ2n) is 5.52. The second kappa shape index (κ2) is 5.23. The van der Waals surface area contributed by atoms with E-state index in [1.54, 1.807) is 12.1 Å². The number of piperidine rings is 1. The highest BCUT2D eigenvalue weighted by atomic mass is 79.9. The molecule has 3 rings (SSSR count). The van der Waals surface area contributed by atoms with Crippen LogP contribution in [0.5, 0.6) is 0 Å². The molecule has 19 heavy (non-hydrogen) atoms. The molecule has 1 aliphatic carbocycles. The predicted octanol–water partition coefficient (Wildman–Crippen LogP) is 3.99. The van der Waals surface area contributed by atoms with Gasteiger partial charge >= 0.3 is 0 Å². The largest absolute Gasteiger partial charge is 0.335 e. The molecule has 0 aromatic heterocycles. The van der Waals surface area contributed by atoms with Crippen LogP contribution in [-0.2, 0) is 0 Å². The van der Waals surface area contributed by atoms with Crippen molar-refractivity contribution in [3.63, 3.8) is 0 Å². The van der Waals surface area contributed by atoms with Gasteiger partial charge in [0, 0.05) is 17.1 Å². The van der Waals surface area contributed by atoms with Crippen LogP contribution in [0, 0.1) is 11.7 Å². The average Bonchev–Trinajstić information content (AvgIpc) is 2.86. The summed E-state index contributed by atoms with van der Waals surface area (Å²) in [6, 6.07) is 5.01. The van der Waals surface area contributed by atoms with Gasteiger partial charge in [-0.15, -0.1) is 0 Å². The first-order chi connectivity index (χ1) is 9.16. The van der Waals surface area contributed by atoms with Crippen LogP contribution >= 0.6 is 15.9 Å². The third kappa shape index (κ3) is 2.42. The topological polar surface area (TPSA) is 20.3 Å². The maximum absolute atomic E-state index is 13.9. The van der Waals surface area contributed by atoms with Gasteiger partial charge in [0.05, 0.1) is 5.56 Å².